The summed E-state index contributed by atoms with van der Waals surface area (Å²) in [7, 11) is 0. The van der Waals surface area contributed by atoms with Gasteiger partial charge >= 0.3 is 11.9 Å². The van der Waals surface area contributed by atoms with Gasteiger partial charge in [0.2, 0.25) is 0 Å². The second kappa shape index (κ2) is 22.0. The molecule has 0 radical (unpaired) electrons. The summed E-state index contributed by atoms with van der Waals surface area (Å²) in [6.45, 7) is 8.70. The van der Waals surface area contributed by atoms with Crippen LogP contribution in [-0.2, 0) is 55.3 Å². The predicted molar refractivity (Wildman–Crippen MR) is 74.5 cm³/mol. The topological polar surface area (TPSA) is 71.1 Å². The Morgan fingerprint density at radius 1 is 0.667 bits per heavy atom. The maximum Gasteiger partial charge on any atom is 0.342 e. The van der Waals surface area contributed by atoms with Crippen molar-refractivity contribution < 1.29 is 55.3 Å². The van der Waals surface area contributed by atoms with Crippen molar-refractivity contribution in [3.63, 3.8) is 0 Å². The van der Waals surface area contributed by atoms with Crippen LogP contribution in [0.2, 0.25) is 0 Å². The molecule has 0 spiro atoms. The van der Waals surface area contributed by atoms with Gasteiger partial charge in [0.25, 0.3) is 0 Å². The van der Waals surface area contributed by atoms with E-state index in [0.29, 0.717) is 26.1 Å². The first-order chi connectivity index (χ1) is 9.62. The summed E-state index contributed by atoms with van der Waals surface area (Å²) < 4.78 is 0. The monoisotopic (exact) mass is 382 g/mol. The minimum atomic E-state index is -0.282. The molecule has 21 heavy (non-hydrogen) atoms. The third kappa shape index (κ3) is 25.1. The van der Waals surface area contributed by atoms with E-state index in [1.54, 1.807) is 0 Å². The van der Waals surface area contributed by atoms with Gasteiger partial charge in [0.1, 0.15) is 0 Å². The van der Waals surface area contributed by atoms with Gasteiger partial charge in [-0.15, -0.1) is 0 Å². The minimum absolute atomic E-state index is 0. The van der Waals surface area contributed by atoms with E-state index in [-0.39, 0.29) is 38.1 Å². The summed E-state index contributed by atoms with van der Waals surface area (Å²) in [5.41, 5.74) is 0. The molecule has 0 amide bonds. The number of hydrogen-bond donors (Lipinski definition) is 0. The van der Waals surface area contributed by atoms with Crippen LogP contribution in [0.15, 0.2) is 0 Å². The average Bonchev–Trinajstić information content (AvgIpc) is 2.41. The first kappa shape index (κ1) is 25.7. The number of carbonyl (C=O) groups excluding carboxylic acids is 2. The molecule has 7 heteroatoms. The van der Waals surface area contributed by atoms with Gasteiger partial charge in [0.05, 0.1) is 13.2 Å². The van der Waals surface area contributed by atoms with Crippen LogP contribution in [-0.4, -0.2) is 25.2 Å². The zero-order valence-corrected chi connectivity index (χ0v) is 16.1. The van der Waals surface area contributed by atoms with Crippen LogP contribution >= 0.6 is 0 Å². The van der Waals surface area contributed by atoms with E-state index >= 15 is 0 Å². The fourth-order valence-electron chi connectivity index (χ4n) is 0.873. The van der Waals surface area contributed by atoms with Gasteiger partial charge in [0, 0.05) is 39.0 Å². The molecule has 124 valence electrons. The summed E-state index contributed by atoms with van der Waals surface area (Å²) in [5.74, 6) is -0.563. The van der Waals surface area contributed by atoms with Gasteiger partial charge in [-0.1, -0.05) is 27.7 Å². The molecule has 0 saturated heterocycles. The molecular weight excluding hydrogens is 355 g/mol. The van der Waals surface area contributed by atoms with Crippen LogP contribution in [0, 0.1) is 0 Å². The normalized spacial score (nSPS) is 8.95. The molecule has 0 aliphatic rings. The molecule has 0 N–H and O–H groups in total. The summed E-state index contributed by atoms with van der Waals surface area (Å²) in [4.78, 5) is 39.0. The van der Waals surface area contributed by atoms with Gasteiger partial charge < -0.3 is 0 Å². The van der Waals surface area contributed by atoms with E-state index < -0.39 is 0 Å². The van der Waals surface area contributed by atoms with Crippen molar-refractivity contribution in [1.29, 1.82) is 0 Å². The fourth-order valence-corrected chi connectivity index (χ4v) is 0.873. The molecule has 0 aliphatic carbocycles. The summed E-state index contributed by atoms with van der Waals surface area (Å²) in [6.07, 6.45) is 4.19. The van der Waals surface area contributed by atoms with Crippen molar-refractivity contribution >= 4 is 11.9 Å². The third-order valence-electron chi connectivity index (χ3n) is 1.79. The summed E-state index contributed by atoms with van der Waals surface area (Å²) in [6, 6.07) is 0. The van der Waals surface area contributed by atoms with Crippen molar-refractivity contribution in [2.24, 2.45) is 0 Å². The summed E-state index contributed by atoms with van der Waals surface area (Å²) in [5, 5.41) is 0. The molecule has 0 saturated carbocycles. The van der Waals surface area contributed by atoms with E-state index in [2.05, 4.69) is 19.6 Å². The van der Waals surface area contributed by atoms with Gasteiger partial charge in [-0.25, -0.2) is 9.59 Å². The van der Waals surface area contributed by atoms with Crippen LogP contribution in [0.4, 0.5) is 0 Å². The van der Waals surface area contributed by atoms with Crippen molar-refractivity contribution in [3.05, 3.63) is 0 Å². The SMILES string of the molecule is CCCOOC(=O)CCC.CCCOOC(=O)CCC.[Zr]. The van der Waals surface area contributed by atoms with Gasteiger partial charge in [-0.2, -0.15) is 9.78 Å². The molecule has 0 fully saturated rings. The van der Waals surface area contributed by atoms with E-state index in [0.717, 1.165) is 25.7 Å². The van der Waals surface area contributed by atoms with E-state index in [4.69, 9.17) is 0 Å². The van der Waals surface area contributed by atoms with Crippen LogP contribution in [0.25, 0.3) is 0 Å². The first-order valence-electron chi connectivity index (χ1n) is 7.26. The molecule has 0 unspecified atom stereocenters. The van der Waals surface area contributed by atoms with Crippen LogP contribution < -0.4 is 0 Å². The van der Waals surface area contributed by atoms with E-state index in [9.17, 15) is 9.59 Å². The Kier molecular flexibility index (Phi) is 26.9. The zero-order valence-electron chi connectivity index (χ0n) is 13.6. The second-order valence-corrected chi connectivity index (χ2v) is 4.05. The Labute approximate surface area is 146 Å². The maximum atomic E-state index is 10.6. The van der Waals surface area contributed by atoms with Gasteiger partial charge in [-0.05, 0) is 25.7 Å². The fraction of sp³-hybridized carbons (Fsp3) is 0.857. The van der Waals surface area contributed by atoms with Crippen LogP contribution in [0.5, 0.6) is 0 Å². The van der Waals surface area contributed by atoms with Gasteiger partial charge in [0.15, 0.2) is 0 Å². The Balaban J connectivity index is -0.000000295. The van der Waals surface area contributed by atoms with E-state index in [1.807, 2.05) is 27.7 Å². The van der Waals surface area contributed by atoms with Crippen molar-refractivity contribution in [1.82, 2.24) is 0 Å². The first-order valence-corrected chi connectivity index (χ1v) is 7.26. The Morgan fingerprint density at radius 3 is 1.24 bits per heavy atom. The molecule has 6 nitrogen and oxygen atoms in total. The quantitative estimate of drug-likeness (QED) is 0.327. The van der Waals surface area contributed by atoms with E-state index in [1.165, 1.54) is 0 Å². The number of carbonyl (C=O) groups is 2. The average molecular weight is 384 g/mol. The van der Waals surface area contributed by atoms with Gasteiger partial charge in [-0.3, -0.25) is 9.78 Å². The second-order valence-electron chi connectivity index (χ2n) is 4.05. The molecule has 0 aromatic heterocycles. The van der Waals surface area contributed by atoms with Crippen molar-refractivity contribution in [3.8, 4) is 0 Å². The Morgan fingerprint density at radius 2 is 1.00 bits per heavy atom. The third-order valence-corrected chi connectivity index (χ3v) is 1.79. The van der Waals surface area contributed by atoms with Crippen molar-refractivity contribution in [2.45, 2.75) is 66.2 Å². The molecule has 0 bridgehead atoms. The number of hydrogen-bond acceptors (Lipinski definition) is 6. The molecule has 0 atom stereocenters. The molecular formula is C14H28O6Zr. The molecule has 0 heterocycles. The van der Waals surface area contributed by atoms with Crippen LogP contribution in [0.3, 0.4) is 0 Å². The minimum Gasteiger partial charge on any atom is -0.298 e. The van der Waals surface area contributed by atoms with Crippen LogP contribution in [0.1, 0.15) is 66.2 Å². The molecule has 0 aliphatic heterocycles. The smallest absolute Gasteiger partial charge is 0.298 e. The zero-order chi connectivity index (χ0) is 15.6. The van der Waals surface area contributed by atoms with Crippen molar-refractivity contribution in [2.75, 3.05) is 13.2 Å². The Hall–Kier alpha value is -0.257. The summed E-state index contributed by atoms with van der Waals surface area (Å²) >= 11 is 0. The Bertz CT molecular complexity index is 212. The largest absolute Gasteiger partial charge is 0.342 e. The maximum absolute atomic E-state index is 10.6. The molecule has 0 aromatic carbocycles. The number of rotatable bonds is 10. The predicted octanol–water partition coefficient (Wildman–Crippen LogP) is 3.34. The standard InChI is InChI=1S/2C7H14O3.Zr/c2*1-3-5-7(8)10-9-6-4-2;/h2*3-6H2,1-2H3;. The molecule has 0 aromatic rings. The molecule has 0 rings (SSSR count).